The van der Waals surface area contributed by atoms with Gasteiger partial charge in [-0.3, -0.25) is 33.6 Å². The molecule has 1 aromatic carbocycles. The van der Waals surface area contributed by atoms with E-state index in [1.54, 1.807) is 44.2 Å². The van der Waals surface area contributed by atoms with E-state index < -0.39 is 102 Å². The molecule has 0 aliphatic heterocycles. The number of carbonyl (C=O) groups excluding carboxylic acids is 7. The second kappa shape index (κ2) is 22.8. The largest absolute Gasteiger partial charge is 0.465 e. The summed E-state index contributed by atoms with van der Waals surface area (Å²) in [7, 11) is 0. The zero-order valence-corrected chi connectivity index (χ0v) is 32.1. The van der Waals surface area contributed by atoms with Gasteiger partial charge in [-0.2, -0.15) is 25.3 Å². The number of imidazole rings is 1. The van der Waals surface area contributed by atoms with Gasteiger partial charge in [-0.1, -0.05) is 44.2 Å². The first kappa shape index (κ1) is 45.8. The summed E-state index contributed by atoms with van der Waals surface area (Å²) >= 11 is 8.00. The maximum absolute atomic E-state index is 13.5. The van der Waals surface area contributed by atoms with E-state index >= 15 is 0 Å². The van der Waals surface area contributed by atoms with Crippen LogP contribution in [0, 0.1) is 5.92 Å². The van der Waals surface area contributed by atoms with Gasteiger partial charge < -0.3 is 58.1 Å². The molecule has 0 unspecified atom stereocenters. The molecule has 2 aromatic rings. The number of benzene rings is 1. The van der Waals surface area contributed by atoms with Crippen molar-refractivity contribution >= 4 is 72.7 Å². The van der Waals surface area contributed by atoms with Crippen LogP contribution in [0.25, 0.3) is 0 Å². The molecule has 8 amide bonds. The van der Waals surface area contributed by atoms with E-state index in [9.17, 15) is 43.5 Å². The van der Waals surface area contributed by atoms with Gasteiger partial charge in [0.1, 0.15) is 42.3 Å². The quantitative estimate of drug-likeness (QED) is 0.0524. The molecule has 7 atom stereocenters. The van der Waals surface area contributed by atoms with Crippen LogP contribution < -0.4 is 43.0 Å². The highest BCUT2D eigenvalue weighted by atomic mass is 32.1. The molecule has 0 fully saturated rings. The Labute approximate surface area is 327 Å². The van der Waals surface area contributed by atoms with Gasteiger partial charge in [0.15, 0.2) is 0 Å². The number of primary amides is 1. The number of H-pyrrole nitrogens is 1. The number of thiol groups is 2. The van der Waals surface area contributed by atoms with Gasteiger partial charge in [-0.25, -0.2) is 9.78 Å². The maximum Gasteiger partial charge on any atom is 0.405 e. The van der Waals surface area contributed by atoms with Crippen molar-refractivity contribution in [3.63, 3.8) is 0 Å². The fourth-order valence-corrected chi connectivity index (χ4v) is 5.43. The Bertz CT molecular complexity index is 1630. The lowest BCUT2D eigenvalue weighted by molar-refractivity contribution is -0.136. The average molecular weight is 809 g/mol. The van der Waals surface area contributed by atoms with Crippen LogP contribution in [-0.2, 0) is 46.4 Å². The number of nitrogens with zero attached hydrogens (tertiary/aromatic N) is 1. The normalized spacial score (nSPS) is 14.7. The minimum absolute atomic E-state index is 0.0788. The molecule has 12 N–H and O–H groups in total. The van der Waals surface area contributed by atoms with Crippen molar-refractivity contribution in [3.8, 4) is 0 Å². The van der Waals surface area contributed by atoms with Crippen molar-refractivity contribution in [2.75, 3.05) is 18.1 Å². The topological polar surface area (TPSA) is 316 Å². The van der Waals surface area contributed by atoms with E-state index in [0.717, 1.165) is 0 Å². The Morgan fingerprint density at radius 3 is 1.73 bits per heavy atom. The smallest absolute Gasteiger partial charge is 0.405 e. The van der Waals surface area contributed by atoms with E-state index in [2.05, 4.69) is 67.1 Å². The summed E-state index contributed by atoms with van der Waals surface area (Å²) in [6.07, 6.45) is 0.957. The Morgan fingerprint density at radius 1 is 0.691 bits per heavy atom. The second-order valence-corrected chi connectivity index (χ2v) is 13.4. The summed E-state index contributed by atoms with van der Waals surface area (Å²) in [4.78, 5) is 109. The number of nitrogens with two attached hydrogens (primary N) is 1. The molecule has 0 saturated carbocycles. The molecule has 0 aliphatic rings. The van der Waals surface area contributed by atoms with Crippen LogP contribution in [0.5, 0.6) is 0 Å². The molecule has 55 heavy (non-hydrogen) atoms. The summed E-state index contributed by atoms with van der Waals surface area (Å²) in [5.74, 6) is -6.73. The van der Waals surface area contributed by atoms with Crippen molar-refractivity contribution in [3.05, 3.63) is 54.1 Å². The fourth-order valence-electron chi connectivity index (χ4n) is 4.90. The molecule has 302 valence electrons. The number of carboxylic acid groups (broad SMARTS) is 1. The maximum atomic E-state index is 13.5. The summed E-state index contributed by atoms with van der Waals surface area (Å²) < 4.78 is 0. The lowest BCUT2D eigenvalue weighted by Gasteiger charge is -2.27. The lowest BCUT2D eigenvalue weighted by Crippen LogP contribution is -2.61. The lowest BCUT2D eigenvalue weighted by atomic mass is 10.0. The minimum atomic E-state index is -1.65. The van der Waals surface area contributed by atoms with E-state index in [1.165, 1.54) is 19.4 Å². The van der Waals surface area contributed by atoms with Gasteiger partial charge in [-0.05, 0) is 18.4 Å². The molecule has 2 rings (SSSR count). The van der Waals surface area contributed by atoms with Gasteiger partial charge in [0, 0.05) is 36.2 Å². The highest BCUT2D eigenvalue weighted by Crippen LogP contribution is 2.07. The standard InChI is InChI=1S/C33H48N10O10S2/c1-16(2)25(32(51)41-23(13-54)26(34)45)43-27(46)17(3)37-28(47)21(10-19-11-35-15-36-19)39-30(49)22(12-44)40-29(48)20(9-18-7-5-4-6-8-18)38-31(50)24(14-55)42-33(52)53/h4-8,11,15-17,20-25,42,44,54-55H,9-10,12-14H2,1-3H3,(H2,34,45)(H,35,36)(H,37,47)(H,38,50)(H,39,49)(H,40,48)(H,41,51)(H,43,46)(H,52,53)/t17-,20-,21-,22-,23-,24-,25-/m0/s1. The number of rotatable bonds is 22. The summed E-state index contributed by atoms with van der Waals surface area (Å²) in [6.45, 7) is 3.68. The van der Waals surface area contributed by atoms with Crippen molar-refractivity contribution in [1.29, 1.82) is 0 Å². The molecule has 0 bridgehead atoms. The minimum Gasteiger partial charge on any atom is -0.465 e. The highest BCUT2D eigenvalue weighted by molar-refractivity contribution is 7.80. The predicted molar refractivity (Wildman–Crippen MR) is 203 cm³/mol. The zero-order valence-electron chi connectivity index (χ0n) is 30.3. The first-order valence-electron chi connectivity index (χ1n) is 17.0. The van der Waals surface area contributed by atoms with Crippen molar-refractivity contribution in [2.45, 2.75) is 75.9 Å². The van der Waals surface area contributed by atoms with E-state index in [-0.39, 0.29) is 24.3 Å². The molecule has 0 radical (unpaired) electrons. The number of hydrogen-bond donors (Lipinski definition) is 13. The van der Waals surface area contributed by atoms with Gasteiger partial charge in [0.25, 0.3) is 0 Å². The van der Waals surface area contributed by atoms with Gasteiger partial charge in [0.2, 0.25) is 41.4 Å². The number of amides is 8. The van der Waals surface area contributed by atoms with E-state index in [0.29, 0.717) is 11.3 Å². The van der Waals surface area contributed by atoms with Crippen molar-refractivity contribution in [2.24, 2.45) is 11.7 Å². The molecule has 1 aromatic heterocycles. The number of aromatic nitrogens is 2. The van der Waals surface area contributed by atoms with Gasteiger partial charge in [0.05, 0.1) is 12.9 Å². The van der Waals surface area contributed by atoms with Crippen molar-refractivity contribution < 1.29 is 48.6 Å². The molecule has 22 heteroatoms. The Hall–Kier alpha value is -5.35. The summed E-state index contributed by atoms with van der Waals surface area (Å²) in [6, 6.07) is -0.733. The SMILES string of the molecule is CC(C)[C@H](NC(=O)[C@H](C)NC(=O)[C@H](Cc1cnc[nH]1)NC(=O)[C@H](CO)NC(=O)[C@H](Cc1ccccc1)NC(=O)[C@H](CS)NC(=O)O)C(=O)N[C@@H](CS)C(N)=O. The number of aliphatic hydroxyl groups excluding tert-OH is 1. The Balaban J connectivity index is 2.23. The summed E-state index contributed by atoms with van der Waals surface area (Å²) in [5.41, 5.74) is 6.28. The van der Waals surface area contributed by atoms with Crippen LogP contribution in [0.3, 0.4) is 0 Å². The van der Waals surface area contributed by atoms with Gasteiger partial charge >= 0.3 is 6.09 Å². The number of nitrogens with one attached hydrogen (secondary N) is 8. The monoisotopic (exact) mass is 808 g/mol. The van der Waals surface area contributed by atoms with Crippen LogP contribution >= 0.6 is 25.3 Å². The van der Waals surface area contributed by atoms with Crippen LogP contribution in [0.4, 0.5) is 4.79 Å². The third kappa shape index (κ3) is 15.1. The summed E-state index contributed by atoms with van der Waals surface area (Å²) in [5, 5.41) is 35.9. The van der Waals surface area contributed by atoms with Gasteiger partial charge in [-0.15, -0.1) is 0 Å². The molecule has 0 spiro atoms. The molecule has 0 saturated heterocycles. The number of aromatic amines is 1. The number of hydrogen-bond acceptors (Lipinski definition) is 12. The molecule has 20 nitrogen and oxygen atoms in total. The number of aliphatic hydroxyl groups is 1. The molecular weight excluding hydrogens is 761 g/mol. The van der Waals surface area contributed by atoms with Crippen LogP contribution in [0.1, 0.15) is 32.0 Å². The average Bonchev–Trinajstić information content (AvgIpc) is 3.66. The Kier molecular flexibility index (Phi) is 19.0. The fraction of sp³-hybridized carbons (Fsp3) is 0.485. The zero-order chi connectivity index (χ0) is 41.2. The Morgan fingerprint density at radius 2 is 1.22 bits per heavy atom. The van der Waals surface area contributed by atoms with Crippen LogP contribution in [-0.4, -0.2) is 128 Å². The molecule has 1 heterocycles. The van der Waals surface area contributed by atoms with E-state index in [1.807, 2.05) is 5.32 Å². The predicted octanol–water partition coefficient (Wildman–Crippen LogP) is -3.25. The van der Waals surface area contributed by atoms with Crippen LogP contribution in [0.15, 0.2) is 42.9 Å². The first-order chi connectivity index (χ1) is 26.0. The number of carbonyl (C=O) groups is 8. The second-order valence-electron chi connectivity index (χ2n) is 12.6. The molecular formula is C33H48N10O10S2. The third-order valence-electron chi connectivity index (χ3n) is 7.98. The van der Waals surface area contributed by atoms with Crippen molar-refractivity contribution in [1.82, 2.24) is 47.2 Å². The molecule has 0 aliphatic carbocycles. The van der Waals surface area contributed by atoms with E-state index in [4.69, 9.17) is 10.8 Å². The highest BCUT2D eigenvalue weighted by Gasteiger charge is 2.33. The first-order valence-corrected chi connectivity index (χ1v) is 18.2. The third-order valence-corrected chi connectivity index (χ3v) is 8.71. The van der Waals surface area contributed by atoms with Crippen LogP contribution in [0.2, 0.25) is 0 Å².